The Balaban J connectivity index is 1.67. The smallest absolute Gasteiger partial charge is 0.166 e. The molecule has 1 aliphatic rings. The van der Waals surface area contributed by atoms with E-state index in [2.05, 4.69) is 19.1 Å². The van der Waals surface area contributed by atoms with Crippen molar-refractivity contribution >= 4 is 6.29 Å². The van der Waals surface area contributed by atoms with Crippen molar-refractivity contribution in [3.8, 4) is 17.2 Å². The Morgan fingerprint density at radius 2 is 1.87 bits per heavy atom. The minimum Gasteiger partial charge on any atom is -0.489 e. The summed E-state index contributed by atoms with van der Waals surface area (Å²) < 4.78 is 17.5. The van der Waals surface area contributed by atoms with Gasteiger partial charge in [-0.3, -0.25) is 4.79 Å². The average Bonchev–Trinajstić information content (AvgIpc) is 2.53. The van der Waals surface area contributed by atoms with Crippen LogP contribution in [0.4, 0.5) is 0 Å². The summed E-state index contributed by atoms with van der Waals surface area (Å²) in [5.74, 6) is 2.16. The number of aryl methyl sites for hydroxylation is 3. The molecule has 0 saturated carbocycles. The molecule has 4 nitrogen and oxygen atoms in total. The monoisotopic (exact) mass is 312 g/mol. The molecule has 3 rings (SSSR count). The topological polar surface area (TPSA) is 44.8 Å². The molecule has 1 aliphatic heterocycles. The minimum absolute atomic E-state index is 0.176. The summed E-state index contributed by atoms with van der Waals surface area (Å²) in [5.41, 5.74) is 4.04. The van der Waals surface area contributed by atoms with Gasteiger partial charge in [-0.15, -0.1) is 0 Å². The molecule has 0 fully saturated rings. The molecule has 0 aromatic heterocycles. The van der Waals surface area contributed by atoms with Crippen molar-refractivity contribution in [2.45, 2.75) is 26.9 Å². The van der Waals surface area contributed by atoms with Crippen molar-refractivity contribution in [2.75, 3.05) is 13.2 Å². The van der Waals surface area contributed by atoms with Gasteiger partial charge in [-0.1, -0.05) is 17.7 Å². The van der Waals surface area contributed by atoms with Crippen molar-refractivity contribution in [3.05, 3.63) is 52.6 Å². The average molecular weight is 312 g/mol. The second-order valence-corrected chi connectivity index (χ2v) is 5.91. The van der Waals surface area contributed by atoms with Gasteiger partial charge in [-0.05, 0) is 50.1 Å². The number of aldehydes is 1. The number of ether oxygens (including phenoxy) is 3. The zero-order chi connectivity index (χ0) is 16.4. The summed E-state index contributed by atoms with van der Waals surface area (Å²) in [6, 6.07) is 9.38. The summed E-state index contributed by atoms with van der Waals surface area (Å²) in [6.07, 6.45) is 0.617. The third kappa shape index (κ3) is 3.31. The maximum atomic E-state index is 10.8. The Labute approximate surface area is 136 Å². The van der Waals surface area contributed by atoms with E-state index >= 15 is 0 Å². The normalized spacial score (nSPS) is 16.0. The van der Waals surface area contributed by atoms with Gasteiger partial charge in [0.1, 0.15) is 25.2 Å². The summed E-state index contributed by atoms with van der Waals surface area (Å²) >= 11 is 0. The Kier molecular flexibility index (Phi) is 4.24. The molecule has 0 unspecified atom stereocenters. The highest BCUT2D eigenvalue weighted by atomic mass is 16.6. The minimum atomic E-state index is -0.176. The van der Waals surface area contributed by atoms with Crippen LogP contribution in [0, 0.1) is 20.8 Å². The summed E-state index contributed by atoms with van der Waals surface area (Å²) in [6.45, 7) is 6.99. The fourth-order valence-electron chi connectivity index (χ4n) is 2.86. The van der Waals surface area contributed by atoms with Crippen molar-refractivity contribution in [1.82, 2.24) is 0 Å². The predicted molar refractivity (Wildman–Crippen MR) is 87.9 cm³/mol. The van der Waals surface area contributed by atoms with Gasteiger partial charge in [-0.2, -0.15) is 0 Å². The standard InChI is InChI=1S/C19H20O4/c1-12-6-13(2)19(14(3)7-12)22-11-16-10-21-18-8-15(9-20)4-5-17(18)23-16/h4-9,16H,10-11H2,1-3H3/t16-/m1/s1. The molecular formula is C19H20O4. The first-order valence-electron chi connectivity index (χ1n) is 7.66. The van der Waals surface area contributed by atoms with Gasteiger partial charge in [0, 0.05) is 5.56 Å². The lowest BCUT2D eigenvalue weighted by atomic mass is 10.1. The second kappa shape index (κ2) is 6.32. The molecule has 0 bridgehead atoms. The van der Waals surface area contributed by atoms with Crippen molar-refractivity contribution in [3.63, 3.8) is 0 Å². The van der Waals surface area contributed by atoms with Crippen LogP contribution in [0.1, 0.15) is 27.0 Å². The van der Waals surface area contributed by atoms with Crippen molar-refractivity contribution in [2.24, 2.45) is 0 Å². The van der Waals surface area contributed by atoms with E-state index in [0.717, 1.165) is 23.2 Å². The van der Waals surface area contributed by atoms with Crippen LogP contribution < -0.4 is 14.2 Å². The van der Waals surface area contributed by atoms with Crippen LogP contribution in [0.5, 0.6) is 17.2 Å². The Morgan fingerprint density at radius 3 is 2.57 bits per heavy atom. The largest absolute Gasteiger partial charge is 0.489 e. The van der Waals surface area contributed by atoms with Crippen LogP contribution in [-0.4, -0.2) is 25.6 Å². The Morgan fingerprint density at radius 1 is 1.13 bits per heavy atom. The van der Waals surface area contributed by atoms with E-state index < -0.39 is 0 Å². The van der Waals surface area contributed by atoms with Crippen LogP contribution in [-0.2, 0) is 0 Å². The third-order valence-electron chi connectivity index (χ3n) is 3.84. The predicted octanol–water partition coefficient (Wildman–Crippen LogP) is 3.64. The Hall–Kier alpha value is -2.49. The lowest BCUT2D eigenvalue weighted by molar-refractivity contribution is 0.0531. The summed E-state index contributed by atoms with van der Waals surface area (Å²) in [5, 5.41) is 0. The third-order valence-corrected chi connectivity index (χ3v) is 3.84. The van der Waals surface area contributed by atoms with Gasteiger partial charge < -0.3 is 14.2 Å². The zero-order valence-electron chi connectivity index (χ0n) is 13.6. The number of hydrogen-bond acceptors (Lipinski definition) is 4. The molecule has 0 amide bonds. The van der Waals surface area contributed by atoms with E-state index in [4.69, 9.17) is 14.2 Å². The molecule has 0 aliphatic carbocycles. The molecule has 1 atom stereocenters. The van der Waals surface area contributed by atoms with E-state index in [-0.39, 0.29) is 6.10 Å². The zero-order valence-corrected chi connectivity index (χ0v) is 13.6. The SMILES string of the molecule is Cc1cc(C)c(OC[C@H]2COc3cc(C=O)ccc3O2)c(C)c1. The number of carbonyl (C=O) groups is 1. The number of rotatable bonds is 4. The molecule has 1 heterocycles. The molecule has 2 aromatic rings. The number of benzene rings is 2. The molecule has 120 valence electrons. The molecule has 0 radical (unpaired) electrons. The molecule has 23 heavy (non-hydrogen) atoms. The summed E-state index contributed by atoms with van der Waals surface area (Å²) in [4.78, 5) is 10.8. The molecule has 2 aromatic carbocycles. The van der Waals surface area contributed by atoms with Crippen LogP contribution >= 0.6 is 0 Å². The summed E-state index contributed by atoms with van der Waals surface area (Å²) in [7, 11) is 0. The quantitative estimate of drug-likeness (QED) is 0.809. The number of hydrogen-bond donors (Lipinski definition) is 0. The first-order chi connectivity index (χ1) is 11.1. The molecule has 0 spiro atoms. The Bertz CT molecular complexity index is 713. The van der Waals surface area contributed by atoms with E-state index in [0.29, 0.717) is 30.3 Å². The highest BCUT2D eigenvalue weighted by molar-refractivity contribution is 5.76. The van der Waals surface area contributed by atoms with Gasteiger partial charge in [0.2, 0.25) is 0 Å². The van der Waals surface area contributed by atoms with Gasteiger partial charge in [0.05, 0.1) is 0 Å². The maximum Gasteiger partial charge on any atom is 0.166 e. The van der Waals surface area contributed by atoms with Crippen molar-refractivity contribution in [1.29, 1.82) is 0 Å². The first kappa shape index (κ1) is 15.4. The lowest BCUT2D eigenvalue weighted by Crippen LogP contribution is -2.34. The highest BCUT2D eigenvalue weighted by Crippen LogP contribution is 2.32. The van der Waals surface area contributed by atoms with Crippen LogP contribution in [0.2, 0.25) is 0 Å². The van der Waals surface area contributed by atoms with E-state index in [1.54, 1.807) is 18.2 Å². The van der Waals surface area contributed by atoms with Gasteiger partial charge in [0.25, 0.3) is 0 Å². The number of carbonyl (C=O) groups excluding carboxylic acids is 1. The fraction of sp³-hybridized carbons (Fsp3) is 0.316. The van der Waals surface area contributed by atoms with Crippen LogP contribution in [0.3, 0.4) is 0 Å². The second-order valence-electron chi connectivity index (χ2n) is 5.91. The van der Waals surface area contributed by atoms with Crippen LogP contribution in [0.25, 0.3) is 0 Å². The molecular weight excluding hydrogens is 292 g/mol. The maximum absolute atomic E-state index is 10.8. The highest BCUT2D eigenvalue weighted by Gasteiger charge is 2.22. The van der Waals surface area contributed by atoms with Gasteiger partial charge >= 0.3 is 0 Å². The first-order valence-corrected chi connectivity index (χ1v) is 7.66. The van der Waals surface area contributed by atoms with E-state index in [1.807, 2.05) is 13.8 Å². The molecule has 0 N–H and O–H groups in total. The molecule has 4 heteroatoms. The van der Waals surface area contributed by atoms with E-state index in [1.165, 1.54) is 5.56 Å². The van der Waals surface area contributed by atoms with Crippen molar-refractivity contribution < 1.29 is 19.0 Å². The fourth-order valence-corrected chi connectivity index (χ4v) is 2.86. The van der Waals surface area contributed by atoms with Gasteiger partial charge in [0.15, 0.2) is 17.6 Å². The van der Waals surface area contributed by atoms with E-state index in [9.17, 15) is 4.79 Å². The molecule has 0 saturated heterocycles. The number of fused-ring (bicyclic) bond motifs is 1. The van der Waals surface area contributed by atoms with Gasteiger partial charge in [-0.25, -0.2) is 0 Å². The lowest BCUT2D eigenvalue weighted by Gasteiger charge is -2.27. The van der Waals surface area contributed by atoms with Crippen LogP contribution in [0.15, 0.2) is 30.3 Å².